The van der Waals surface area contributed by atoms with Crippen LogP contribution in [0.1, 0.15) is 43.4 Å². The highest BCUT2D eigenvalue weighted by molar-refractivity contribution is 5.76. The van der Waals surface area contributed by atoms with Gasteiger partial charge in [0.15, 0.2) is 0 Å². The van der Waals surface area contributed by atoms with Crippen molar-refractivity contribution < 1.29 is 19.0 Å². The topological polar surface area (TPSA) is 56.8 Å². The summed E-state index contributed by atoms with van der Waals surface area (Å²) in [5, 5.41) is 3.11. The second-order valence-electron chi connectivity index (χ2n) is 6.38. The van der Waals surface area contributed by atoms with Crippen molar-refractivity contribution in [3.63, 3.8) is 0 Å². The highest BCUT2D eigenvalue weighted by Gasteiger charge is 2.14. The fourth-order valence-corrected chi connectivity index (χ4v) is 2.90. The molecule has 27 heavy (non-hydrogen) atoms. The molecule has 0 saturated carbocycles. The van der Waals surface area contributed by atoms with Crippen LogP contribution in [0, 0.1) is 6.92 Å². The van der Waals surface area contributed by atoms with Crippen LogP contribution < -0.4 is 19.5 Å². The minimum absolute atomic E-state index is 0.00427. The lowest BCUT2D eigenvalue weighted by molar-refractivity contribution is -0.122. The van der Waals surface area contributed by atoms with Gasteiger partial charge in [0.05, 0.1) is 26.9 Å². The van der Waals surface area contributed by atoms with Gasteiger partial charge in [0, 0.05) is 6.42 Å². The Kier molecular flexibility index (Phi) is 7.99. The number of benzene rings is 2. The van der Waals surface area contributed by atoms with Crippen molar-refractivity contribution in [1.29, 1.82) is 0 Å². The first kappa shape index (κ1) is 20.6. The lowest BCUT2D eigenvalue weighted by atomic mass is 10.0. The predicted octanol–water partition coefficient (Wildman–Crippen LogP) is 4.44. The maximum absolute atomic E-state index is 12.3. The first-order valence-electron chi connectivity index (χ1n) is 9.28. The SMILES string of the molecule is CCC(NC(=O)CCCOc1ccc(OC)cc1)c1ccc(OC)c(C)c1. The molecule has 0 heterocycles. The van der Waals surface area contributed by atoms with Crippen molar-refractivity contribution in [2.24, 2.45) is 0 Å². The highest BCUT2D eigenvalue weighted by Crippen LogP contribution is 2.24. The minimum atomic E-state index is 0.00427. The Bertz CT molecular complexity index is 728. The zero-order chi connectivity index (χ0) is 19.6. The molecule has 0 saturated heterocycles. The highest BCUT2D eigenvalue weighted by atomic mass is 16.5. The molecule has 1 atom stereocenters. The number of methoxy groups -OCH3 is 2. The van der Waals surface area contributed by atoms with E-state index in [1.165, 1.54) is 0 Å². The van der Waals surface area contributed by atoms with Gasteiger partial charge in [-0.05, 0) is 61.2 Å². The molecule has 0 aliphatic rings. The zero-order valence-corrected chi connectivity index (χ0v) is 16.6. The van der Waals surface area contributed by atoms with Gasteiger partial charge < -0.3 is 19.5 Å². The van der Waals surface area contributed by atoms with Crippen LogP contribution in [0.25, 0.3) is 0 Å². The molecule has 0 spiro atoms. The van der Waals surface area contributed by atoms with E-state index in [4.69, 9.17) is 14.2 Å². The Morgan fingerprint density at radius 2 is 1.74 bits per heavy atom. The first-order valence-corrected chi connectivity index (χ1v) is 9.28. The number of carbonyl (C=O) groups is 1. The number of amides is 1. The zero-order valence-electron chi connectivity index (χ0n) is 16.6. The van der Waals surface area contributed by atoms with Gasteiger partial charge in [-0.2, -0.15) is 0 Å². The van der Waals surface area contributed by atoms with Crippen molar-refractivity contribution in [2.75, 3.05) is 20.8 Å². The molecule has 5 nitrogen and oxygen atoms in total. The molecular formula is C22H29NO4. The maximum atomic E-state index is 12.3. The Labute approximate surface area is 161 Å². The molecule has 0 aliphatic carbocycles. The number of hydrogen-bond donors (Lipinski definition) is 1. The third-order valence-electron chi connectivity index (χ3n) is 4.44. The van der Waals surface area contributed by atoms with Crippen LogP contribution in [0.5, 0.6) is 17.2 Å². The van der Waals surface area contributed by atoms with Crippen molar-refractivity contribution in [2.45, 2.75) is 39.2 Å². The van der Waals surface area contributed by atoms with E-state index in [1.807, 2.05) is 43.3 Å². The summed E-state index contributed by atoms with van der Waals surface area (Å²) in [5.74, 6) is 2.46. The average Bonchev–Trinajstić information content (AvgIpc) is 2.69. The molecule has 146 valence electrons. The quantitative estimate of drug-likeness (QED) is 0.628. The van der Waals surface area contributed by atoms with Gasteiger partial charge in [0.25, 0.3) is 0 Å². The lowest BCUT2D eigenvalue weighted by Crippen LogP contribution is -2.28. The number of carbonyl (C=O) groups excluding carboxylic acids is 1. The van der Waals surface area contributed by atoms with Gasteiger partial charge >= 0.3 is 0 Å². The monoisotopic (exact) mass is 371 g/mol. The van der Waals surface area contributed by atoms with E-state index in [1.54, 1.807) is 14.2 Å². The number of ether oxygens (including phenoxy) is 3. The second kappa shape index (κ2) is 10.5. The summed E-state index contributed by atoms with van der Waals surface area (Å²) in [6, 6.07) is 13.4. The summed E-state index contributed by atoms with van der Waals surface area (Å²) >= 11 is 0. The molecular weight excluding hydrogens is 342 g/mol. The molecule has 0 aliphatic heterocycles. The van der Waals surface area contributed by atoms with E-state index < -0.39 is 0 Å². The van der Waals surface area contributed by atoms with Crippen LogP contribution in [0.15, 0.2) is 42.5 Å². The summed E-state index contributed by atoms with van der Waals surface area (Å²) in [4.78, 5) is 12.3. The first-order chi connectivity index (χ1) is 13.1. The van der Waals surface area contributed by atoms with Crippen molar-refractivity contribution in [3.8, 4) is 17.2 Å². The normalized spacial score (nSPS) is 11.6. The van der Waals surface area contributed by atoms with Gasteiger partial charge in [-0.3, -0.25) is 4.79 Å². The Balaban J connectivity index is 1.78. The van der Waals surface area contributed by atoms with E-state index >= 15 is 0 Å². The Hall–Kier alpha value is -2.69. The number of aryl methyl sites for hydroxylation is 1. The Morgan fingerprint density at radius 3 is 2.33 bits per heavy atom. The standard InChI is InChI=1S/C22H29NO4/c1-5-20(17-8-13-21(26-4)16(2)15-17)23-22(24)7-6-14-27-19-11-9-18(25-3)10-12-19/h8-13,15,20H,5-7,14H2,1-4H3,(H,23,24). The van der Waals surface area contributed by atoms with Crippen LogP contribution in [0.2, 0.25) is 0 Å². The van der Waals surface area contributed by atoms with E-state index in [-0.39, 0.29) is 11.9 Å². The molecule has 0 bridgehead atoms. The van der Waals surface area contributed by atoms with Crippen LogP contribution >= 0.6 is 0 Å². The van der Waals surface area contributed by atoms with Gasteiger partial charge in [-0.15, -0.1) is 0 Å². The second-order valence-corrected chi connectivity index (χ2v) is 6.38. The van der Waals surface area contributed by atoms with E-state index in [2.05, 4.69) is 18.3 Å². The molecule has 0 aromatic heterocycles. The smallest absolute Gasteiger partial charge is 0.220 e. The van der Waals surface area contributed by atoms with Crippen molar-refractivity contribution in [3.05, 3.63) is 53.6 Å². The van der Waals surface area contributed by atoms with Crippen LogP contribution in [-0.4, -0.2) is 26.7 Å². The molecule has 1 unspecified atom stereocenters. The van der Waals surface area contributed by atoms with E-state index in [0.717, 1.165) is 34.8 Å². The number of nitrogens with one attached hydrogen (secondary N) is 1. The van der Waals surface area contributed by atoms with Crippen LogP contribution in [0.3, 0.4) is 0 Å². The average molecular weight is 371 g/mol. The molecule has 2 rings (SSSR count). The maximum Gasteiger partial charge on any atom is 0.220 e. The summed E-state index contributed by atoms with van der Waals surface area (Å²) in [7, 11) is 3.29. The fourth-order valence-electron chi connectivity index (χ4n) is 2.90. The molecule has 0 fully saturated rings. The summed E-state index contributed by atoms with van der Waals surface area (Å²) in [6.45, 7) is 4.57. The third-order valence-corrected chi connectivity index (χ3v) is 4.44. The summed E-state index contributed by atoms with van der Waals surface area (Å²) in [6.07, 6.45) is 1.93. The van der Waals surface area contributed by atoms with Crippen molar-refractivity contribution >= 4 is 5.91 Å². The Morgan fingerprint density at radius 1 is 1.04 bits per heavy atom. The van der Waals surface area contributed by atoms with Gasteiger partial charge in [-0.25, -0.2) is 0 Å². The number of hydrogen-bond acceptors (Lipinski definition) is 4. The lowest BCUT2D eigenvalue weighted by Gasteiger charge is -2.19. The van der Waals surface area contributed by atoms with Crippen LogP contribution in [0.4, 0.5) is 0 Å². The minimum Gasteiger partial charge on any atom is -0.497 e. The molecule has 2 aromatic rings. The molecule has 2 aromatic carbocycles. The largest absolute Gasteiger partial charge is 0.497 e. The molecule has 5 heteroatoms. The fraction of sp³-hybridized carbons (Fsp3) is 0.409. The summed E-state index contributed by atoms with van der Waals surface area (Å²) < 4.78 is 16.1. The van der Waals surface area contributed by atoms with Crippen molar-refractivity contribution in [1.82, 2.24) is 5.32 Å². The van der Waals surface area contributed by atoms with E-state index in [9.17, 15) is 4.79 Å². The third kappa shape index (κ3) is 6.20. The van der Waals surface area contributed by atoms with Gasteiger partial charge in [0.2, 0.25) is 5.91 Å². The summed E-state index contributed by atoms with van der Waals surface area (Å²) in [5.41, 5.74) is 2.16. The number of rotatable bonds is 10. The van der Waals surface area contributed by atoms with Gasteiger partial charge in [-0.1, -0.05) is 19.1 Å². The molecule has 0 radical (unpaired) electrons. The van der Waals surface area contributed by atoms with Gasteiger partial charge in [0.1, 0.15) is 17.2 Å². The molecule has 1 amide bonds. The predicted molar refractivity (Wildman–Crippen MR) is 107 cm³/mol. The van der Waals surface area contributed by atoms with E-state index in [0.29, 0.717) is 19.4 Å². The van der Waals surface area contributed by atoms with Crippen LogP contribution in [-0.2, 0) is 4.79 Å². The molecule has 1 N–H and O–H groups in total.